The Kier molecular flexibility index (Phi) is 4.46. The lowest BCUT2D eigenvalue weighted by Gasteiger charge is -2.09. The van der Waals surface area contributed by atoms with E-state index >= 15 is 0 Å². The molecule has 0 aliphatic carbocycles. The summed E-state index contributed by atoms with van der Waals surface area (Å²) in [7, 11) is 0. The summed E-state index contributed by atoms with van der Waals surface area (Å²) in [5.41, 5.74) is 0.419. The van der Waals surface area contributed by atoms with Gasteiger partial charge < -0.3 is 0 Å². The molecule has 15 heavy (non-hydrogen) atoms. The van der Waals surface area contributed by atoms with Gasteiger partial charge in [-0.1, -0.05) is 6.07 Å². The number of hydrogen-bond acceptors (Lipinski definition) is 2. The summed E-state index contributed by atoms with van der Waals surface area (Å²) in [4.78, 5) is 3.60. The van der Waals surface area contributed by atoms with Crippen LogP contribution in [0.3, 0.4) is 0 Å². The normalized spacial score (nSPS) is 9.80. The molecule has 0 atom stereocenters. The lowest BCUT2D eigenvalue weighted by atomic mass is 10.0. The quantitative estimate of drug-likeness (QED) is 0.566. The average Bonchev–Trinajstić information content (AvgIpc) is 2.28. The minimum atomic E-state index is -0.917. The van der Waals surface area contributed by atoms with Crippen LogP contribution in [0.15, 0.2) is 17.1 Å². The Balaban J connectivity index is 3.40. The molecule has 0 aliphatic heterocycles. The molecule has 0 saturated carbocycles. The Morgan fingerprint density at radius 3 is 2.20 bits per heavy atom. The molecule has 1 nitrogen and oxygen atoms in total. The largest absolute Gasteiger partial charge is 0.246 e. The van der Waals surface area contributed by atoms with Crippen LogP contribution in [0.5, 0.6) is 0 Å². The second kappa shape index (κ2) is 5.63. The van der Waals surface area contributed by atoms with E-state index in [9.17, 15) is 13.2 Å². The van der Waals surface area contributed by atoms with Crippen LogP contribution in [0.4, 0.5) is 18.9 Å². The van der Waals surface area contributed by atoms with Crippen LogP contribution in [-0.4, -0.2) is 5.16 Å². The Morgan fingerprint density at radius 2 is 1.73 bits per heavy atom. The molecule has 0 amide bonds. The second-order valence-electron chi connectivity index (χ2n) is 2.80. The first-order valence-corrected chi connectivity index (χ1v) is 4.58. The average molecular weight is 231 g/mol. The maximum absolute atomic E-state index is 12.7. The van der Waals surface area contributed by atoms with Gasteiger partial charge in [-0.3, -0.25) is 0 Å². The van der Waals surface area contributed by atoms with Gasteiger partial charge >= 0.3 is 0 Å². The summed E-state index contributed by atoms with van der Waals surface area (Å²) in [5, 5.41) is 2.07. The van der Waals surface area contributed by atoms with Gasteiger partial charge in [-0.25, -0.2) is 13.2 Å². The van der Waals surface area contributed by atoms with Crippen LogP contribution >= 0.6 is 12.2 Å². The summed E-state index contributed by atoms with van der Waals surface area (Å²) in [6, 6.07) is 2.78. The van der Waals surface area contributed by atoms with Gasteiger partial charge in [-0.05, 0) is 29.4 Å². The molecule has 0 heterocycles. The van der Waals surface area contributed by atoms with Crippen molar-refractivity contribution < 1.29 is 13.2 Å². The van der Waals surface area contributed by atoms with Crippen molar-refractivity contribution in [2.24, 2.45) is 4.99 Å². The zero-order valence-corrected chi connectivity index (χ0v) is 8.58. The maximum Gasteiger partial charge on any atom is 0.117 e. The Morgan fingerprint density at radius 1 is 1.07 bits per heavy atom. The number of nitrogens with zero attached hydrogens (tertiary/aromatic N) is 1. The van der Waals surface area contributed by atoms with Crippen molar-refractivity contribution in [3.8, 4) is 0 Å². The molecular formula is C10H8F3NS. The number of thiocarbonyl (C=S) groups is 1. The standard InChI is InChI=1S/C10H8F3NS/c11-3-7-1-2-10(14-6-15)9(5-13)8(7)4-12/h1-2H,3-5H2. The van der Waals surface area contributed by atoms with Crippen LogP contribution in [0, 0.1) is 0 Å². The van der Waals surface area contributed by atoms with Crippen molar-refractivity contribution >= 4 is 23.1 Å². The smallest absolute Gasteiger partial charge is 0.117 e. The lowest BCUT2D eigenvalue weighted by molar-refractivity contribution is 0.437. The fourth-order valence-electron chi connectivity index (χ4n) is 1.32. The topological polar surface area (TPSA) is 12.4 Å². The molecule has 1 rings (SSSR count). The first-order valence-electron chi connectivity index (χ1n) is 4.17. The predicted octanol–water partition coefficient (Wildman–Crippen LogP) is 3.83. The fourth-order valence-corrected chi connectivity index (χ4v) is 1.42. The van der Waals surface area contributed by atoms with Crippen molar-refractivity contribution in [1.82, 2.24) is 0 Å². The van der Waals surface area contributed by atoms with Gasteiger partial charge in [0.25, 0.3) is 0 Å². The molecule has 80 valence electrons. The molecule has 0 N–H and O–H groups in total. The number of benzene rings is 1. The van der Waals surface area contributed by atoms with Crippen molar-refractivity contribution in [1.29, 1.82) is 0 Å². The van der Waals surface area contributed by atoms with E-state index in [1.54, 1.807) is 0 Å². The highest BCUT2D eigenvalue weighted by atomic mass is 32.1. The van der Waals surface area contributed by atoms with E-state index in [2.05, 4.69) is 22.4 Å². The van der Waals surface area contributed by atoms with Gasteiger partial charge in [-0.15, -0.1) is 0 Å². The molecule has 0 radical (unpaired) electrons. The Bertz CT molecular complexity index is 400. The van der Waals surface area contributed by atoms with Crippen molar-refractivity contribution in [2.45, 2.75) is 20.0 Å². The molecular weight excluding hydrogens is 223 g/mol. The highest BCUT2D eigenvalue weighted by Gasteiger charge is 2.12. The predicted molar refractivity (Wildman–Crippen MR) is 55.6 cm³/mol. The molecule has 0 fully saturated rings. The molecule has 1 aromatic carbocycles. The number of aliphatic imine (C=N–C) groups is 1. The number of rotatable bonds is 4. The zero-order valence-electron chi connectivity index (χ0n) is 7.77. The maximum atomic E-state index is 12.7. The second-order valence-corrected chi connectivity index (χ2v) is 2.99. The van der Waals surface area contributed by atoms with Gasteiger partial charge in [-0.2, -0.15) is 4.99 Å². The van der Waals surface area contributed by atoms with Crippen molar-refractivity contribution in [3.63, 3.8) is 0 Å². The lowest BCUT2D eigenvalue weighted by Crippen LogP contribution is -1.96. The number of halogens is 3. The van der Waals surface area contributed by atoms with Gasteiger partial charge in [0.15, 0.2) is 0 Å². The highest BCUT2D eigenvalue weighted by molar-refractivity contribution is 7.78. The molecule has 1 aromatic rings. The van der Waals surface area contributed by atoms with Crippen molar-refractivity contribution in [2.75, 3.05) is 0 Å². The van der Waals surface area contributed by atoms with Crippen LogP contribution in [-0.2, 0) is 20.0 Å². The molecule has 0 aliphatic rings. The van der Waals surface area contributed by atoms with E-state index in [1.807, 2.05) is 0 Å². The zero-order chi connectivity index (χ0) is 11.3. The summed E-state index contributed by atoms with van der Waals surface area (Å²) in [6.07, 6.45) is 0. The molecule has 0 bridgehead atoms. The summed E-state index contributed by atoms with van der Waals surface area (Å²) < 4.78 is 37.7. The van der Waals surface area contributed by atoms with E-state index in [-0.39, 0.29) is 22.4 Å². The van der Waals surface area contributed by atoms with Crippen LogP contribution in [0.25, 0.3) is 0 Å². The first kappa shape index (κ1) is 11.9. The van der Waals surface area contributed by atoms with E-state index in [0.29, 0.717) is 0 Å². The SMILES string of the molecule is FCc1ccc(N=C=S)c(CF)c1CF. The molecule has 0 spiro atoms. The minimum absolute atomic E-state index is 0.0199. The molecule has 5 heteroatoms. The van der Waals surface area contributed by atoms with Crippen LogP contribution in [0.2, 0.25) is 0 Å². The highest BCUT2D eigenvalue weighted by Crippen LogP contribution is 2.28. The molecule has 0 saturated heterocycles. The molecule has 0 unspecified atom stereocenters. The van der Waals surface area contributed by atoms with E-state index < -0.39 is 20.0 Å². The summed E-state index contributed by atoms with van der Waals surface area (Å²) in [6.45, 7) is -2.64. The van der Waals surface area contributed by atoms with Crippen LogP contribution in [0.1, 0.15) is 16.7 Å². The third-order valence-corrected chi connectivity index (χ3v) is 2.17. The van der Waals surface area contributed by atoms with Gasteiger partial charge in [0.05, 0.1) is 10.8 Å². The third-order valence-electron chi connectivity index (χ3n) is 2.08. The van der Waals surface area contributed by atoms with Gasteiger partial charge in [0, 0.05) is 5.56 Å². The Hall–Kier alpha value is -1.19. The van der Waals surface area contributed by atoms with Gasteiger partial charge in [0.1, 0.15) is 20.0 Å². The Labute approximate surface area is 90.6 Å². The minimum Gasteiger partial charge on any atom is -0.246 e. The number of isothiocyanates is 1. The monoisotopic (exact) mass is 231 g/mol. The summed E-state index contributed by atoms with van der Waals surface area (Å²) >= 11 is 4.38. The van der Waals surface area contributed by atoms with Crippen molar-refractivity contribution in [3.05, 3.63) is 28.8 Å². The first-order chi connectivity index (χ1) is 7.28. The van der Waals surface area contributed by atoms with E-state index in [0.717, 1.165) is 0 Å². The molecule has 0 aromatic heterocycles. The number of hydrogen-bond donors (Lipinski definition) is 0. The summed E-state index contributed by atoms with van der Waals surface area (Å²) in [5.74, 6) is 0. The van der Waals surface area contributed by atoms with E-state index in [1.165, 1.54) is 12.1 Å². The van der Waals surface area contributed by atoms with Gasteiger partial charge in [0.2, 0.25) is 0 Å². The van der Waals surface area contributed by atoms with Crippen LogP contribution < -0.4 is 0 Å². The fraction of sp³-hybridized carbons (Fsp3) is 0.300. The number of alkyl halides is 3. The third kappa shape index (κ3) is 2.43. The van der Waals surface area contributed by atoms with E-state index in [4.69, 9.17) is 0 Å².